The molecule has 98 valence electrons. The molecule has 2 aliphatic heterocycles. The van der Waals surface area contributed by atoms with E-state index in [4.69, 9.17) is 11.6 Å². The Morgan fingerprint density at radius 3 is 2.89 bits per heavy atom. The third-order valence-electron chi connectivity index (χ3n) is 4.29. The van der Waals surface area contributed by atoms with Gasteiger partial charge in [-0.15, -0.1) is 0 Å². The predicted octanol–water partition coefficient (Wildman–Crippen LogP) is 3.38. The van der Waals surface area contributed by atoms with Crippen LogP contribution in [-0.2, 0) is 0 Å². The molecular formula is C14H18ClFN2. The van der Waals surface area contributed by atoms with E-state index < -0.39 is 0 Å². The fourth-order valence-electron chi connectivity index (χ4n) is 3.34. The average molecular weight is 269 g/mol. The zero-order valence-corrected chi connectivity index (χ0v) is 11.2. The van der Waals surface area contributed by atoms with Crippen molar-refractivity contribution in [1.82, 2.24) is 5.32 Å². The van der Waals surface area contributed by atoms with Gasteiger partial charge in [0.05, 0.1) is 10.7 Å². The third kappa shape index (κ3) is 1.90. The van der Waals surface area contributed by atoms with E-state index in [9.17, 15) is 4.39 Å². The molecule has 0 radical (unpaired) electrons. The number of rotatable bonds is 1. The minimum Gasteiger partial charge on any atom is -0.380 e. The first kappa shape index (κ1) is 12.2. The Balaban J connectivity index is 1.90. The number of hydrogen-bond acceptors (Lipinski definition) is 2. The number of nitrogens with one attached hydrogen (secondary N) is 2. The fraction of sp³-hybridized carbons (Fsp3) is 0.571. The van der Waals surface area contributed by atoms with Crippen molar-refractivity contribution in [2.75, 3.05) is 18.4 Å². The molecule has 0 spiro atoms. The van der Waals surface area contributed by atoms with E-state index in [0.717, 1.165) is 24.3 Å². The van der Waals surface area contributed by atoms with Gasteiger partial charge >= 0.3 is 0 Å². The molecule has 1 aromatic rings. The van der Waals surface area contributed by atoms with E-state index in [1.165, 1.54) is 18.9 Å². The molecule has 0 saturated carbocycles. The molecule has 1 aromatic carbocycles. The SMILES string of the molecule is CC1c2c(F)ccc(Cl)c2NC1C1CCCNC1. The molecule has 2 aliphatic rings. The van der Waals surface area contributed by atoms with Gasteiger partial charge in [0.2, 0.25) is 0 Å². The quantitative estimate of drug-likeness (QED) is 0.816. The minimum atomic E-state index is -0.138. The number of halogens is 2. The maximum absolute atomic E-state index is 13.9. The lowest BCUT2D eigenvalue weighted by Gasteiger charge is -2.31. The molecule has 1 saturated heterocycles. The highest BCUT2D eigenvalue weighted by atomic mass is 35.5. The van der Waals surface area contributed by atoms with Gasteiger partial charge in [-0.2, -0.15) is 0 Å². The van der Waals surface area contributed by atoms with Crippen LogP contribution >= 0.6 is 11.6 Å². The Hall–Kier alpha value is -0.800. The molecule has 2 N–H and O–H groups in total. The van der Waals surface area contributed by atoms with Crippen LogP contribution < -0.4 is 10.6 Å². The van der Waals surface area contributed by atoms with Crippen molar-refractivity contribution < 1.29 is 4.39 Å². The van der Waals surface area contributed by atoms with Crippen molar-refractivity contribution in [3.05, 3.63) is 28.5 Å². The summed E-state index contributed by atoms with van der Waals surface area (Å²) >= 11 is 6.17. The van der Waals surface area contributed by atoms with E-state index in [2.05, 4.69) is 17.6 Å². The fourth-order valence-corrected chi connectivity index (χ4v) is 3.56. The zero-order chi connectivity index (χ0) is 12.7. The van der Waals surface area contributed by atoms with E-state index in [-0.39, 0.29) is 11.7 Å². The number of fused-ring (bicyclic) bond motifs is 1. The summed E-state index contributed by atoms with van der Waals surface area (Å²) in [6.45, 7) is 4.20. The second-order valence-electron chi connectivity index (χ2n) is 5.38. The van der Waals surface area contributed by atoms with Gasteiger partial charge < -0.3 is 10.6 Å². The van der Waals surface area contributed by atoms with Crippen LogP contribution in [0.15, 0.2) is 12.1 Å². The standard InChI is InChI=1S/C14H18ClFN2/c1-8-12-11(16)5-4-10(15)14(12)18-13(8)9-3-2-6-17-7-9/h4-5,8-9,13,17-18H,2-3,6-7H2,1H3. The van der Waals surface area contributed by atoms with Crippen molar-refractivity contribution in [3.8, 4) is 0 Å². The summed E-state index contributed by atoms with van der Waals surface area (Å²) in [6, 6.07) is 3.40. The molecule has 0 bridgehead atoms. The van der Waals surface area contributed by atoms with Gasteiger partial charge in [-0.05, 0) is 44.0 Å². The molecule has 0 aliphatic carbocycles. The highest BCUT2D eigenvalue weighted by Crippen LogP contribution is 2.44. The summed E-state index contributed by atoms with van der Waals surface area (Å²) < 4.78 is 13.9. The summed E-state index contributed by atoms with van der Waals surface area (Å²) in [6.07, 6.45) is 2.39. The van der Waals surface area contributed by atoms with Gasteiger partial charge in [0, 0.05) is 17.5 Å². The van der Waals surface area contributed by atoms with E-state index in [0.29, 0.717) is 17.0 Å². The second kappa shape index (κ2) is 4.71. The van der Waals surface area contributed by atoms with Crippen molar-refractivity contribution in [1.29, 1.82) is 0 Å². The number of anilines is 1. The molecule has 2 heterocycles. The van der Waals surface area contributed by atoms with Gasteiger partial charge in [-0.1, -0.05) is 18.5 Å². The van der Waals surface area contributed by atoms with Crippen LogP contribution in [0.5, 0.6) is 0 Å². The van der Waals surface area contributed by atoms with Gasteiger partial charge in [0.25, 0.3) is 0 Å². The third-order valence-corrected chi connectivity index (χ3v) is 4.60. The van der Waals surface area contributed by atoms with Gasteiger partial charge in [-0.3, -0.25) is 0 Å². The van der Waals surface area contributed by atoms with E-state index in [1.807, 2.05) is 0 Å². The topological polar surface area (TPSA) is 24.1 Å². The number of hydrogen-bond donors (Lipinski definition) is 2. The summed E-state index contributed by atoms with van der Waals surface area (Å²) in [5.74, 6) is 0.598. The first-order valence-electron chi connectivity index (χ1n) is 6.63. The first-order valence-corrected chi connectivity index (χ1v) is 7.01. The highest BCUT2D eigenvalue weighted by Gasteiger charge is 2.37. The average Bonchev–Trinajstić information content (AvgIpc) is 2.74. The van der Waals surface area contributed by atoms with Crippen LogP contribution in [0.1, 0.15) is 31.2 Å². The maximum atomic E-state index is 13.9. The Bertz CT molecular complexity index is 457. The molecule has 0 aromatic heterocycles. The summed E-state index contributed by atoms with van der Waals surface area (Å²) in [4.78, 5) is 0. The van der Waals surface area contributed by atoms with Gasteiger partial charge in [0.1, 0.15) is 5.82 Å². The Morgan fingerprint density at radius 2 is 2.22 bits per heavy atom. The van der Waals surface area contributed by atoms with E-state index >= 15 is 0 Å². The highest BCUT2D eigenvalue weighted by molar-refractivity contribution is 6.33. The molecule has 18 heavy (non-hydrogen) atoms. The number of piperidine rings is 1. The van der Waals surface area contributed by atoms with Crippen LogP contribution in [0.25, 0.3) is 0 Å². The van der Waals surface area contributed by atoms with Crippen molar-refractivity contribution in [2.45, 2.75) is 31.7 Å². The molecule has 3 atom stereocenters. The normalized spacial score (nSPS) is 30.9. The largest absolute Gasteiger partial charge is 0.380 e. The maximum Gasteiger partial charge on any atom is 0.128 e. The smallest absolute Gasteiger partial charge is 0.128 e. The summed E-state index contributed by atoms with van der Waals surface area (Å²) in [5, 5.41) is 7.50. The van der Waals surface area contributed by atoms with Crippen molar-refractivity contribution in [2.24, 2.45) is 5.92 Å². The lowest BCUT2D eigenvalue weighted by molar-refractivity contribution is 0.319. The Kier molecular flexibility index (Phi) is 3.20. The zero-order valence-electron chi connectivity index (χ0n) is 10.5. The molecule has 3 rings (SSSR count). The number of benzene rings is 1. The molecular weight excluding hydrogens is 251 g/mol. The summed E-state index contributed by atoms with van der Waals surface area (Å²) in [7, 11) is 0. The Labute approximate surface area is 112 Å². The van der Waals surface area contributed by atoms with Crippen LogP contribution in [-0.4, -0.2) is 19.1 Å². The van der Waals surface area contributed by atoms with Crippen LogP contribution in [0.2, 0.25) is 5.02 Å². The van der Waals surface area contributed by atoms with Crippen molar-refractivity contribution >= 4 is 17.3 Å². The van der Waals surface area contributed by atoms with Gasteiger partial charge in [0.15, 0.2) is 0 Å². The lowest BCUT2D eigenvalue weighted by Crippen LogP contribution is -2.40. The molecule has 4 heteroatoms. The van der Waals surface area contributed by atoms with Crippen LogP contribution in [0.4, 0.5) is 10.1 Å². The Morgan fingerprint density at radius 1 is 1.39 bits per heavy atom. The predicted molar refractivity (Wildman–Crippen MR) is 72.8 cm³/mol. The monoisotopic (exact) mass is 268 g/mol. The van der Waals surface area contributed by atoms with Crippen LogP contribution in [0.3, 0.4) is 0 Å². The lowest BCUT2D eigenvalue weighted by atomic mass is 9.84. The summed E-state index contributed by atoms with van der Waals surface area (Å²) in [5.41, 5.74) is 1.57. The second-order valence-corrected chi connectivity index (χ2v) is 5.79. The molecule has 1 fully saturated rings. The molecule has 2 nitrogen and oxygen atoms in total. The molecule has 0 amide bonds. The van der Waals surface area contributed by atoms with Gasteiger partial charge in [-0.25, -0.2) is 4.39 Å². The van der Waals surface area contributed by atoms with Crippen molar-refractivity contribution in [3.63, 3.8) is 0 Å². The van der Waals surface area contributed by atoms with Crippen LogP contribution in [0, 0.1) is 11.7 Å². The minimum absolute atomic E-state index is 0.138. The van der Waals surface area contributed by atoms with E-state index in [1.54, 1.807) is 6.07 Å². The molecule has 3 unspecified atom stereocenters. The first-order chi connectivity index (χ1) is 8.68.